The van der Waals surface area contributed by atoms with E-state index in [-0.39, 0.29) is 12.5 Å². The highest BCUT2D eigenvalue weighted by atomic mass is 35.5. The third kappa shape index (κ3) is 5.13. The Labute approximate surface area is 232 Å². The molecule has 6 nitrogen and oxygen atoms in total. The van der Waals surface area contributed by atoms with Crippen molar-refractivity contribution in [2.24, 2.45) is 4.99 Å². The molecule has 1 N–H and O–H groups in total. The fourth-order valence-electron chi connectivity index (χ4n) is 5.14. The molecule has 3 aromatic carbocycles. The molecule has 0 saturated carbocycles. The Morgan fingerprint density at radius 3 is 2.58 bits per heavy atom. The van der Waals surface area contributed by atoms with Gasteiger partial charge < -0.3 is 19.5 Å². The van der Waals surface area contributed by atoms with Gasteiger partial charge in [-0.3, -0.25) is 4.79 Å². The molecule has 0 saturated heterocycles. The van der Waals surface area contributed by atoms with Crippen LogP contribution in [0.2, 0.25) is 10.0 Å². The fraction of sp³-hybridized carbons (Fsp3) is 0.333. The van der Waals surface area contributed by atoms with Crippen molar-refractivity contribution in [3.05, 3.63) is 99.0 Å². The Hall–Kier alpha value is -3.06. The molecule has 38 heavy (non-hydrogen) atoms. The monoisotopic (exact) mass is 552 g/mol. The molecule has 2 aliphatic heterocycles. The van der Waals surface area contributed by atoms with Gasteiger partial charge in [0.05, 0.1) is 6.61 Å². The van der Waals surface area contributed by atoms with Gasteiger partial charge in [-0.15, -0.1) is 0 Å². The van der Waals surface area contributed by atoms with Crippen LogP contribution < -0.4 is 4.74 Å². The number of ether oxygens (including phenoxy) is 2. The first-order valence-electron chi connectivity index (χ1n) is 12.9. The second-order valence-electron chi connectivity index (χ2n) is 9.63. The summed E-state index contributed by atoms with van der Waals surface area (Å²) in [5.41, 5.74) is 2.35. The maximum Gasteiger partial charge on any atom is 0.255 e. The fourth-order valence-corrected chi connectivity index (χ4v) is 5.64. The van der Waals surface area contributed by atoms with E-state index in [0.717, 1.165) is 23.1 Å². The quantitative estimate of drug-likeness (QED) is 0.347. The van der Waals surface area contributed by atoms with Gasteiger partial charge in [0.15, 0.2) is 11.6 Å². The highest BCUT2D eigenvalue weighted by Crippen LogP contribution is 2.47. The zero-order chi connectivity index (χ0) is 26.7. The molecule has 1 spiro atoms. The van der Waals surface area contributed by atoms with Crippen LogP contribution in [0.1, 0.15) is 48.1 Å². The van der Waals surface area contributed by atoms with Crippen LogP contribution >= 0.6 is 23.2 Å². The summed E-state index contributed by atoms with van der Waals surface area (Å²) in [7, 11) is 0. The Morgan fingerprint density at radius 1 is 1.11 bits per heavy atom. The number of fused-ring (bicyclic) bond motifs is 1. The topological polar surface area (TPSA) is 71.4 Å². The van der Waals surface area contributed by atoms with Crippen molar-refractivity contribution >= 4 is 35.0 Å². The van der Waals surface area contributed by atoms with E-state index in [1.54, 1.807) is 12.1 Å². The second-order valence-corrected chi connectivity index (χ2v) is 10.5. The minimum Gasteiger partial charge on any atom is -0.494 e. The average Bonchev–Trinajstić information content (AvgIpc) is 3.24. The molecule has 0 aliphatic carbocycles. The van der Waals surface area contributed by atoms with Crippen molar-refractivity contribution in [1.29, 1.82) is 0 Å². The number of carbonyl (C=O) groups is 1. The van der Waals surface area contributed by atoms with Crippen molar-refractivity contribution in [2.75, 3.05) is 19.8 Å². The maximum absolute atomic E-state index is 14.4. The highest BCUT2D eigenvalue weighted by molar-refractivity contribution is 6.35. The lowest BCUT2D eigenvalue weighted by Gasteiger charge is -2.33. The van der Waals surface area contributed by atoms with E-state index in [2.05, 4.69) is 19.1 Å². The number of rotatable bonds is 8. The summed E-state index contributed by atoms with van der Waals surface area (Å²) in [4.78, 5) is 21.4. The molecule has 0 fully saturated rings. The minimum absolute atomic E-state index is 0.0751. The van der Waals surface area contributed by atoms with E-state index in [1.807, 2.05) is 47.4 Å². The van der Waals surface area contributed by atoms with E-state index in [1.165, 1.54) is 0 Å². The molecule has 1 amide bonds. The number of aliphatic hydroxyl groups excluding tert-OH is 1. The lowest BCUT2D eigenvalue weighted by atomic mass is 9.81. The van der Waals surface area contributed by atoms with Gasteiger partial charge in [-0.05, 0) is 53.9 Å². The Balaban J connectivity index is 1.61. The highest BCUT2D eigenvalue weighted by Gasteiger charge is 2.56. The van der Waals surface area contributed by atoms with Crippen molar-refractivity contribution in [2.45, 2.75) is 44.4 Å². The SMILES string of the molecule is CCCN1Cc2ccccc2C[C@@]2(N=C(c3ccc(OCCCO)cc3)O[C@H]2c2ccc(Cl)cc2Cl)C1=O. The van der Waals surface area contributed by atoms with Crippen LogP contribution in [-0.4, -0.2) is 47.1 Å². The molecule has 0 aromatic heterocycles. The van der Waals surface area contributed by atoms with Gasteiger partial charge in [-0.1, -0.05) is 60.5 Å². The first kappa shape index (κ1) is 26.5. The van der Waals surface area contributed by atoms with Gasteiger partial charge in [-0.25, -0.2) is 4.99 Å². The van der Waals surface area contributed by atoms with Crippen molar-refractivity contribution in [1.82, 2.24) is 4.90 Å². The van der Waals surface area contributed by atoms with Crippen LogP contribution in [0.25, 0.3) is 0 Å². The molecule has 2 aliphatic rings. The van der Waals surface area contributed by atoms with E-state index in [9.17, 15) is 4.79 Å². The number of nitrogens with zero attached hydrogens (tertiary/aromatic N) is 2. The molecule has 2 heterocycles. The van der Waals surface area contributed by atoms with Crippen LogP contribution in [0, 0.1) is 0 Å². The normalized spacial score (nSPS) is 20.6. The van der Waals surface area contributed by atoms with E-state index < -0.39 is 11.6 Å². The molecule has 2 atom stereocenters. The van der Waals surface area contributed by atoms with Gasteiger partial charge in [0, 0.05) is 53.7 Å². The van der Waals surface area contributed by atoms with E-state index >= 15 is 0 Å². The lowest BCUT2D eigenvalue weighted by Crippen LogP contribution is -2.50. The van der Waals surface area contributed by atoms with E-state index in [0.29, 0.717) is 59.8 Å². The first-order chi connectivity index (χ1) is 18.4. The number of hydrogen-bond acceptors (Lipinski definition) is 5. The van der Waals surface area contributed by atoms with Crippen LogP contribution in [0.4, 0.5) is 0 Å². The predicted octanol–water partition coefficient (Wildman–Crippen LogP) is 6.01. The molecule has 0 radical (unpaired) electrons. The van der Waals surface area contributed by atoms with Gasteiger partial charge in [0.1, 0.15) is 5.75 Å². The van der Waals surface area contributed by atoms with Crippen LogP contribution in [0.15, 0.2) is 71.7 Å². The van der Waals surface area contributed by atoms with Gasteiger partial charge >= 0.3 is 0 Å². The minimum atomic E-state index is -1.23. The lowest BCUT2D eigenvalue weighted by molar-refractivity contribution is -0.140. The number of halogens is 2. The number of benzene rings is 3. The summed E-state index contributed by atoms with van der Waals surface area (Å²) in [5.74, 6) is 0.985. The molecule has 0 bridgehead atoms. The second kappa shape index (κ2) is 11.4. The molecule has 8 heteroatoms. The Kier molecular flexibility index (Phi) is 7.93. The van der Waals surface area contributed by atoms with Crippen LogP contribution in [-0.2, 0) is 22.5 Å². The molecule has 5 rings (SSSR count). The largest absolute Gasteiger partial charge is 0.494 e. The maximum atomic E-state index is 14.4. The number of carbonyl (C=O) groups excluding carboxylic acids is 1. The van der Waals surface area contributed by atoms with Crippen molar-refractivity contribution in [3.8, 4) is 5.75 Å². The zero-order valence-electron chi connectivity index (χ0n) is 21.2. The average molecular weight is 553 g/mol. The molecular formula is C30H30Cl2N2O4. The number of hydrogen-bond donors (Lipinski definition) is 1. The van der Waals surface area contributed by atoms with Crippen molar-refractivity contribution < 1.29 is 19.4 Å². The Bertz CT molecular complexity index is 1340. The smallest absolute Gasteiger partial charge is 0.255 e. The summed E-state index contributed by atoms with van der Waals surface area (Å²) in [6, 6.07) is 20.8. The molecule has 0 unspecified atom stereocenters. The van der Waals surface area contributed by atoms with Gasteiger partial charge in [-0.2, -0.15) is 0 Å². The molecular weight excluding hydrogens is 523 g/mol. The summed E-state index contributed by atoms with van der Waals surface area (Å²) in [5, 5.41) is 9.94. The summed E-state index contributed by atoms with van der Waals surface area (Å²) >= 11 is 12.9. The molecule has 3 aromatic rings. The first-order valence-corrected chi connectivity index (χ1v) is 13.6. The van der Waals surface area contributed by atoms with Gasteiger partial charge in [0.2, 0.25) is 5.90 Å². The number of amides is 1. The van der Waals surface area contributed by atoms with Crippen LogP contribution in [0.3, 0.4) is 0 Å². The predicted molar refractivity (Wildman–Crippen MR) is 149 cm³/mol. The Morgan fingerprint density at radius 2 is 1.87 bits per heavy atom. The molecule has 198 valence electrons. The number of aliphatic hydroxyl groups is 1. The summed E-state index contributed by atoms with van der Waals surface area (Å²) in [6.45, 7) is 3.70. The van der Waals surface area contributed by atoms with Crippen LogP contribution in [0.5, 0.6) is 5.75 Å². The zero-order valence-corrected chi connectivity index (χ0v) is 22.7. The standard InChI is InChI=1S/C30H30Cl2N2O4/c1-2-14-34-19-22-7-4-3-6-21(22)18-30(29(34)36)27(25-13-10-23(31)17-26(25)32)38-28(33-30)20-8-11-24(12-9-20)37-16-5-15-35/h3-4,6-13,17,27,35H,2,5,14-16,18-19H2,1H3/t27-,30-/m0/s1. The van der Waals surface area contributed by atoms with E-state index in [4.69, 9.17) is 42.8 Å². The third-order valence-electron chi connectivity index (χ3n) is 6.97. The third-order valence-corrected chi connectivity index (χ3v) is 7.53. The number of aliphatic imine (C=N–C) groups is 1. The summed E-state index contributed by atoms with van der Waals surface area (Å²) < 4.78 is 12.2. The van der Waals surface area contributed by atoms with Crippen molar-refractivity contribution in [3.63, 3.8) is 0 Å². The van der Waals surface area contributed by atoms with Gasteiger partial charge in [0.25, 0.3) is 5.91 Å². The summed E-state index contributed by atoms with van der Waals surface area (Å²) in [6.07, 6.45) is 1.03.